The first kappa shape index (κ1) is 11.9. The van der Waals surface area contributed by atoms with Crippen molar-refractivity contribution in [3.8, 4) is 0 Å². The molecule has 0 aromatic heterocycles. The van der Waals surface area contributed by atoms with Gasteiger partial charge in [-0.3, -0.25) is 0 Å². The van der Waals surface area contributed by atoms with Gasteiger partial charge < -0.3 is 25.8 Å². The van der Waals surface area contributed by atoms with Crippen molar-refractivity contribution in [1.82, 2.24) is 0 Å². The molecule has 5 heteroatoms. The molecule has 2 unspecified atom stereocenters. The van der Waals surface area contributed by atoms with Gasteiger partial charge in [-0.25, -0.2) is 0 Å². The fourth-order valence-electron chi connectivity index (χ4n) is 1.73. The highest BCUT2D eigenvalue weighted by Gasteiger charge is 2.43. The third-order valence-corrected chi connectivity index (χ3v) is 2.64. The average molecular weight is 205 g/mol. The Hall–Kier alpha value is -0.200. The van der Waals surface area contributed by atoms with E-state index in [-0.39, 0.29) is 12.5 Å². The van der Waals surface area contributed by atoms with Gasteiger partial charge in [0.15, 0.2) is 0 Å². The van der Waals surface area contributed by atoms with Crippen LogP contribution < -0.4 is 5.73 Å². The van der Waals surface area contributed by atoms with Gasteiger partial charge >= 0.3 is 0 Å². The minimum atomic E-state index is -1.18. The van der Waals surface area contributed by atoms with Crippen LogP contribution in [0.3, 0.4) is 0 Å². The Bertz CT molecular complexity index is 186. The van der Waals surface area contributed by atoms with Crippen molar-refractivity contribution in [2.45, 2.75) is 44.4 Å². The molecule has 1 saturated heterocycles. The van der Waals surface area contributed by atoms with Crippen LogP contribution >= 0.6 is 0 Å². The maximum Gasteiger partial charge on any atom is 0.111 e. The van der Waals surface area contributed by atoms with E-state index in [9.17, 15) is 15.3 Å². The minimum Gasteiger partial charge on any atom is -0.388 e. The lowest BCUT2D eigenvalue weighted by Crippen LogP contribution is -2.60. The predicted octanol–water partition coefficient (Wildman–Crippen LogP) is -1.55. The third-order valence-electron chi connectivity index (χ3n) is 2.64. The summed E-state index contributed by atoms with van der Waals surface area (Å²) in [5, 5.41) is 28.6. The minimum absolute atomic E-state index is 0.0706. The Balaban J connectivity index is 2.73. The van der Waals surface area contributed by atoms with E-state index in [1.165, 1.54) is 0 Å². The van der Waals surface area contributed by atoms with E-state index in [1.807, 2.05) is 13.8 Å². The van der Waals surface area contributed by atoms with Crippen LogP contribution in [0.4, 0.5) is 0 Å². The Morgan fingerprint density at radius 1 is 1.14 bits per heavy atom. The number of ether oxygens (including phenoxy) is 1. The van der Waals surface area contributed by atoms with Gasteiger partial charge in [-0.2, -0.15) is 0 Å². The van der Waals surface area contributed by atoms with E-state index in [1.54, 1.807) is 0 Å². The first-order chi connectivity index (χ1) is 6.49. The Morgan fingerprint density at radius 3 is 2.14 bits per heavy atom. The molecule has 1 aliphatic heterocycles. The Morgan fingerprint density at radius 2 is 1.71 bits per heavy atom. The fourth-order valence-corrected chi connectivity index (χ4v) is 1.73. The standard InChI is InChI=1S/C9H19NO4/c1-4(2)9-8(13)7(12)6(11)5(3-10)14-9/h4-9,11-13H,3,10H2,1-2H3/t5?,6-,7?,8+,9-/m0/s1. The van der Waals surface area contributed by atoms with Crippen LogP contribution in [0.25, 0.3) is 0 Å². The monoisotopic (exact) mass is 205 g/mol. The van der Waals surface area contributed by atoms with Gasteiger partial charge in [0.1, 0.15) is 18.3 Å². The van der Waals surface area contributed by atoms with E-state index >= 15 is 0 Å². The summed E-state index contributed by atoms with van der Waals surface area (Å²) in [6, 6.07) is 0. The van der Waals surface area contributed by atoms with E-state index in [0.717, 1.165) is 0 Å². The van der Waals surface area contributed by atoms with Crippen LogP contribution in [0.2, 0.25) is 0 Å². The number of hydrogen-bond acceptors (Lipinski definition) is 5. The topological polar surface area (TPSA) is 95.9 Å². The molecule has 0 amide bonds. The molecule has 0 aliphatic carbocycles. The predicted molar refractivity (Wildman–Crippen MR) is 50.6 cm³/mol. The number of aliphatic hydroxyl groups excluding tert-OH is 3. The van der Waals surface area contributed by atoms with Crippen molar-refractivity contribution in [3.63, 3.8) is 0 Å². The molecule has 5 atom stereocenters. The summed E-state index contributed by atoms with van der Waals surface area (Å²) in [5.74, 6) is 0.0706. The van der Waals surface area contributed by atoms with Gasteiger partial charge in [-0.15, -0.1) is 0 Å². The second-order valence-corrected chi connectivity index (χ2v) is 4.09. The van der Waals surface area contributed by atoms with E-state index in [4.69, 9.17) is 10.5 Å². The second-order valence-electron chi connectivity index (χ2n) is 4.09. The van der Waals surface area contributed by atoms with Crippen molar-refractivity contribution in [1.29, 1.82) is 0 Å². The van der Waals surface area contributed by atoms with E-state index in [0.29, 0.717) is 0 Å². The average Bonchev–Trinajstić information content (AvgIpc) is 2.14. The largest absolute Gasteiger partial charge is 0.388 e. The second kappa shape index (κ2) is 4.55. The quantitative estimate of drug-likeness (QED) is 0.438. The normalized spacial score (nSPS) is 44.4. The van der Waals surface area contributed by atoms with Gasteiger partial charge in [0.2, 0.25) is 0 Å². The number of rotatable bonds is 2. The van der Waals surface area contributed by atoms with Crippen molar-refractivity contribution < 1.29 is 20.1 Å². The van der Waals surface area contributed by atoms with Crippen LogP contribution in [-0.2, 0) is 4.74 Å². The van der Waals surface area contributed by atoms with Crippen LogP contribution in [-0.4, -0.2) is 52.4 Å². The maximum atomic E-state index is 9.62. The molecular weight excluding hydrogens is 186 g/mol. The molecule has 84 valence electrons. The number of nitrogens with two attached hydrogens (primary N) is 1. The Labute approximate surface area is 83.5 Å². The molecule has 1 heterocycles. The smallest absolute Gasteiger partial charge is 0.111 e. The van der Waals surface area contributed by atoms with Crippen molar-refractivity contribution in [2.24, 2.45) is 11.7 Å². The first-order valence-corrected chi connectivity index (χ1v) is 4.88. The lowest BCUT2D eigenvalue weighted by molar-refractivity contribution is -0.228. The van der Waals surface area contributed by atoms with Crippen molar-refractivity contribution in [2.75, 3.05) is 6.54 Å². The highest BCUT2D eigenvalue weighted by molar-refractivity contribution is 4.93. The first-order valence-electron chi connectivity index (χ1n) is 4.88. The molecule has 0 aromatic carbocycles. The summed E-state index contributed by atoms with van der Waals surface area (Å²) in [4.78, 5) is 0. The highest BCUT2D eigenvalue weighted by Crippen LogP contribution is 2.25. The van der Waals surface area contributed by atoms with Crippen LogP contribution in [0.5, 0.6) is 0 Å². The van der Waals surface area contributed by atoms with Crippen molar-refractivity contribution in [3.05, 3.63) is 0 Å². The molecule has 5 nitrogen and oxygen atoms in total. The van der Waals surface area contributed by atoms with Gasteiger partial charge in [-0.05, 0) is 5.92 Å². The lowest BCUT2D eigenvalue weighted by Gasteiger charge is -2.42. The summed E-state index contributed by atoms with van der Waals surface area (Å²) in [6.45, 7) is 3.89. The van der Waals surface area contributed by atoms with Gasteiger partial charge in [0, 0.05) is 6.54 Å². The number of aliphatic hydroxyl groups is 3. The van der Waals surface area contributed by atoms with Crippen LogP contribution in [0.1, 0.15) is 13.8 Å². The van der Waals surface area contributed by atoms with Gasteiger partial charge in [0.25, 0.3) is 0 Å². The highest BCUT2D eigenvalue weighted by atomic mass is 16.5. The molecule has 1 fully saturated rings. The molecular formula is C9H19NO4. The van der Waals surface area contributed by atoms with E-state index < -0.39 is 30.5 Å². The molecule has 1 rings (SSSR count). The van der Waals surface area contributed by atoms with Crippen LogP contribution in [0.15, 0.2) is 0 Å². The zero-order valence-corrected chi connectivity index (χ0v) is 8.50. The molecule has 5 N–H and O–H groups in total. The summed E-state index contributed by atoms with van der Waals surface area (Å²) < 4.78 is 5.41. The molecule has 14 heavy (non-hydrogen) atoms. The third kappa shape index (κ3) is 2.07. The zero-order valence-electron chi connectivity index (χ0n) is 8.50. The summed E-state index contributed by atoms with van der Waals surface area (Å²) in [7, 11) is 0. The molecule has 0 aromatic rings. The Kier molecular flexibility index (Phi) is 3.86. The summed E-state index contributed by atoms with van der Waals surface area (Å²) >= 11 is 0. The van der Waals surface area contributed by atoms with Crippen molar-refractivity contribution >= 4 is 0 Å². The SMILES string of the molecule is CC(C)[C@@H]1OC(CN)[C@H](O)C(O)[C@H]1O. The molecule has 0 spiro atoms. The van der Waals surface area contributed by atoms with Gasteiger partial charge in [-0.1, -0.05) is 13.8 Å². The van der Waals surface area contributed by atoms with Gasteiger partial charge in [0.05, 0.1) is 12.2 Å². The van der Waals surface area contributed by atoms with Crippen LogP contribution in [0, 0.1) is 5.92 Å². The fraction of sp³-hybridized carbons (Fsp3) is 1.00. The molecule has 0 bridgehead atoms. The molecule has 1 aliphatic rings. The maximum absolute atomic E-state index is 9.62. The number of hydrogen-bond donors (Lipinski definition) is 4. The van der Waals surface area contributed by atoms with E-state index in [2.05, 4.69) is 0 Å². The lowest BCUT2D eigenvalue weighted by atomic mass is 9.89. The summed E-state index contributed by atoms with van der Waals surface area (Å²) in [5.41, 5.74) is 5.39. The molecule has 0 saturated carbocycles. The molecule has 0 radical (unpaired) electrons. The summed E-state index contributed by atoms with van der Waals surface area (Å²) in [6.07, 6.45) is -4.40. The zero-order chi connectivity index (χ0) is 10.9.